The van der Waals surface area contributed by atoms with Crippen LogP contribution in [0.1, 0.15) is 46.6 Å². The SMILES string of the molecule is CCNC(=NCc1ccc(-n2ccnc2)nc1)NCCCN(C(C)C)C(C)C.I. The molecule has 8 heteroatoms. The van der Waals surface area contributed by atoms with Crippen LogP contribution in [-0.4, -0.2) is 57.1 Å². The Morgan fingerprint density at radius 1 is 1.17 bits per heavy atom. The number of hydrogen-bond acceptors (Lipinski definition) is 4. The van der Waals surface area contributed by atoms with E-state index < -0.39 is 0 Å². The van der Waals surface area contributed by atoms with Crippen LogP contribution in [0.3, 0.4) is 0 Å². The predicted molar refractivity (Wildman–Crippen MR) is 131 cm³/mol. The number of halogens is 1. The highest BCUT2D eigenvalue weighted by Crippen LogP contribution is 2.07. The van der Waals surface area contributed by atoms with Gasteiger partial charge in [0.15, 0.2) is 5.96 Å². The largest absolute Gasteiger partial charge is 0.357 e. The molecule has 162 valence electrons. The molecule has 2 N–H and O–H groups in total. The number of imidazole rings is 1. The molecule has 0 saturated heterocycles. The fraction of sp³-hybridized carbons (Fsp3) is 0.571. The first-order valence-corrected chi connectivity index (χ1v) is 10.2. The van der Waals surface area contributed by atoms with E-state index >= 15 is 0 Å². The van der Waals surface area contributed by atoms with Crippen molar-refractivity contribution in [1.82, 2.24) is 30.1 Å². The quantitative estimate of drug-likeness (QED) is 0.221. The van der Waals surface area contributed by atoms with Crippen molar-refractivity contribution >= 4 is 29.9 Å². The summed E-state index contributed by atoms with van der Waals surface area (Å²) in [5, 5.41) is 6.75. The summed E-state index contributed by atoms with van der Waals surface area (Å²) >= 11 is 0. The zero-order valence-corrected chi connectivity index (χ0v) is 20.6. The second kappa shape index (κ2) is 13.5. The van der Waals surface area contributed by atoms with Crippen molar-refractivity contribution in [3.8, 4) is 5.82 Å². The lowest BCUT2D eigenvalue weighted by Gasteiger charge is -2.30. The van der Waals surface area contributed by atoms with E-state index in [4.69, 9.17) is 0 Å². The van der Waals surface area contributed by atoms with E-state index in [1.807, 2.05) is 23.0 Å². The van der Waals surface area contributed by atoms with Crippen LogP contribution in [0.15, 0.2) is 42.0 Å². The molecule has 2 aromatic rings. The standard InChI is InChI=1S/C21H35N7.HI/c1-6-23-21(24-10-7-12-28(17(2)3)18(4)5)26-15-19-8-9-20(25-14-19)27-13-11-22-16-27;/h8-9,11,13-14,16-18H,6-7,10,12,15H2,1-5H3,(H2,23,24,26);1H. The van der Waals surface area contributed by atoms with Gasteiger partial charge in [-0.2, -0.15) is 0 Å². The zero-order valence-electron chi connectivity index (χ0n) is 18.3. The van der Waals surface area contributed by atoms with Gasteiger partial charge in [-0.3, -0.25) is 9.47 Å². The van der Waals surface area contributed by atoms with Crippen molar-refractivity contribution in [3.05, 3.63) is 42.6 Å². The van der Waals surface area contributed by atoms with Gasteiger partial charge in [0.2, 0.25) is 0 Å². The monoisotopic (exact) mass is 513 g/mol. The highest BCUT2D eigenvalue weighted by Gasteiger charge is 2.12. The minimum Gasteiger partial charge on any atom is -0.357 e. The van der Waals surface area contributed by atoms with E-state index in [9.17, 15) is 0 Å². The Bertz CT molecular complexity index is 688. The molecule has 0 unspecified atom stereocenters. The van der Waals surface area contributed by atoms with Crippen LogP contribution in [0.2, 0.25) is 0 Å². The number of nitrogens with zero attached hydrogens (tertiary/aromatic N) is 5. The van der Waals surface area contributed by atoms with Crippen LogP contribution in [0.4, 0.5) is 0 Å². The maximum atomic E-state index is 4.68. The van der Waals surface area contributed by atoms with E-state index in [1.165, 1.54) is 0 Å². The molecule has 0 saturated carbocycles. The Kier molecular flexibility index (Phi) is 11.8. The lowest BCUT2D eigenvalue weighted by molar-refractivity contribution is 0.173. The normalized spacial score (nSPS) is 11.8. The van der Waals surface area contributed by atoms with Crippen molar-refractivity contribution in [1.29, 1.82) is 0 Å². The third kappa shape index (κ3) is 8.69. The molecule has 0 radical (unpaired) electrons. The maximum absolute atomic E-state index is 4.68. The van der Waals surface area contributed by atoms with E-state index in [1.54, 1.807) is 12.5 Å². The van der Waals surface area contributed by atoms with Crippen LogP contribution in [0, 0.1) is 0 Å². The molecular weight excluding hydrogens is 477 g/mol. The lowest BCUT2D eigenvalue weighted by atomic mass is 10.2. The molecular formula is C21H36IN7. The van der Waals surface area contributed by atoms with Gasteiger partial charge in [0.1, 0.15) is 12.1 Å². The fourth-order valence-corrected chi connectivity index (χ4v) is 3.15. The number of rotatable bonds is 10. The Balaban J connectivity index is 0.00000420. The van der Waals surface area contributed by atoms with Crippen molar-refractivity contribution < 1.29 is 0 Å². The third-order valence-corrected chi connectivity index (χ3v) is 4.55. The molecule has 2 aromatic heterocycles. The summed E-state index contributed by atoms with van der Waals surface area (Å²) in [6.07, 6.45) is 8.32. The smallest absolute Gasteiger partial charge is 0.191 e. The van der Waals surface area contributed by atoms with Crippen LogP contribution in [-0.2, 0) is 6.54 Å². The molecule has 2 rings (SSSR count). The average molecular weight is 513 g/mol. The minimum atomic E-state index is 0. The van der Waals surface area contributed by atoms with Gasteiger partial charge >= 0.3 is 0 Å². The second-order valence-corrected chi connectivity index (χ2v) is 7.40. The molecule has 0 amide bonds. The van der Waals surface area contributed by atoms with Gasteiger partial charge in [0, 0.05) is 50.3 Å². The highest BCUT2D eigenvalue weighted by atomic mass is 127. The Morgan fingerprint density at radius 3 is 2.48 bits per heavy atom. The summed E-state index contributed by atoms with van der Waals surface area (Å²) in [6.45, 7) is 14.5. The number of hydrogen-bond donors (Lipinski definition) is 2. The van der Waals surface area contributed by atoms with Gasteiger partial charge in [-0.1, -0.05) is 6.07 Å². The molecule has 7 nitrogen and oxygen atoms in total. The van der Waals surface area contributed by atoms with Gasteiger partial charge in [-0.25, -0.2) is 15.0 Å². The number of pyridine rings is 1. The highest BCUT2D eigenvalue weighted by molar-refractivity contribution is 14.0. The molecule has 0 aliphatic rings. The van der Waals surface area contributed by atoms with Crippen LogP contribution in [0.25, 0.3) is 5.82 Å². The first-order chi connectivity index (χ1) is 13.5. The molecule has 0 spiro atoms. The summed E-state index contributed by atoms with van der Waals surface area (Å²) in [6, 6.07) is 5.18. The molecule has 29 heavy (non-hydrogen) atoms. The number of aromatic nitrogens is 3. The van der Waals surface area contributed by atoms with Gasteiger partial charge in [-0.15, -0.1) is 24.0 Å². The van der Waals surface area contributed by atoms with Gasteiger partial charge in [0.25, 0.3) is 0 Å². The number of nitrogens with one attached hydrogen (secondary N) is 2. The fourth-order valence-electron chi connectivity index (χ4n) is 3.15. The van der Waals surface area contributed by atoms with Gasteiger partial charge in [-0.05, 0) is 52.7 Å². The van der Waals surface area contributed by atoms with Crippen LogP contribution < -0.4 is 10.6 Å². The molecule has 0 atom stereocenters. The van der Waals surface area contributed by atoms with Crippen molar-refractivity contribution in [2.45, 2.75) is 59.7 Å². The van der Waals surface area contributed by atoms with Gasteiger partial charge in [0.05, 0.1) is 6.54 Å². The second-order valence-electron chi connectivity index (χ2n) is 7.40. The van der Waals surface area contributed by atoms with E-state index in [2.05, 4.69) is 71.2 Å². The Labute approximate surface area is 192 Å². The molecule has 2 heterocycles. The molecule has 0 aromatic carbocycles. The minimum absolute atomic E-state index is 0. The maximum Gasteiger partial charge on any atom is 0.191 e. The topological polar surface area (TPSA) is 70.4 Å². The van der Waals surface area contributed by atoms with E-state index in [0.717, 1.165) is 43.4 Å². The predicted octanol–water partition coefficient (Wildman–Crippen LogP) is 3.45. The van der Waals surface area contributed by atoms with Crippen molar-refractivity contribution in [3.63, 3.8) is 0 Å². The molecule has 0 bridgehead atoms. The van der Waals surface area contributed by atoms with Crippen LogP contribution >= 0.6 is 24.0 Å². The Morgan fingerprint density at radius 2 is 1.93 bits per heavy atom. The van der Waals surface area contributed by atoms with Crippen molar-refractivity contribution in [2.24, 2.45) is 4.99 Å². The summed E-state index contributed by atoms with van der Waals surface area (Å²) in [5.41, 5.74) is 1.08. The van der Waals surface area contributed by atoms with E-state index in [-0.39, 0.29) is 24.0 Å². The van der Waals surface area contributed by atoms with Crippen LogP contribution in [0.5, 0.6) is 0 Å². The third-order valence-electron chi connectivity index (χ3n) is 4.55. The van der Waals surface area contributed by atoms with Gasteiger partial charge < -0.3 is 10.6 Å². The zero-order chi connectivity index (χ0) is 20.4. The summed E-state index contributed by atoms with van der Waals surface area (Å²) in [7, 11) is 0. The molecule has 0 aliphatic heterocycles. The first kappa shape index (κ1) is 25.4. The summed E-state index contributed by atoms with van der Waals surface area (Å²) in [5.74, 6) is 1.71. The summed E-state index contributed by atoms with van der Waals surface area (Å²) < 4.78 is 1.89. The lowest BCUT2D eigenvalue weighted by Crippen LogP contribution is -2.41. The average Bonchev–Trinajstić information content (AvgIpc) is 3.20. The molecule has 0 fully saturated rings. The first-order valence-electron chi connectivity index (χ1n) is 10.2. The van der Waals surface area contributed by atoms with Crippen molar-refractivity contribution in [2.75, 3.05) is 19.6 Å². The number of aliphatic imine (C=N–C) groups is 1. The Hall–Kier alpha value is -1.68. The summed E-state index contributed by atoms with van der Waals surface area (Å²) in [4.78, 5) is 15.7. The number of guanidine groups is 1. The van der Waals surface area contributed by atoms with E-state index in [0.29, 0.717) is 18.6 Å². The molecule has 0 aliphatic carbocycles.